The van der Waals surface area contributed by atoms with Crippen molar-refractivity contribution in [1.29, 1.82) is 0 Å². The predicted molar refractivity (Wildman–Crippen MR) is 138 cm³/mol. The first-order valence-electron chi connectivity index (χ1n) is 12.2. The van der Waals surface area contributed by atoms with Crippen molar-refractivity contribution in [3.8, 4) is 17.2 Å². The minimum absolute atomic E-state index is 0.183. The van der Waals surface area contributed by atoms with Crippen LogP contribution in [0, 0.1) is 0 Å². The van der Waals surface area contributed by atoms with Gasteiger partial charge in [-0.3, -0.25) is 4.79 Å². The quantitative estimate of drug-likeness (QED) is 0.228. The summed E-state index contributed by atoms with van der Waals surface area (Å²) in [5, 5.41) is 0.862. The minimum Gasteiger partial charge on any atom is -0.489 e. The first-order valence-corrected chi connectivity index (χ1v) is 12.2. The molecular formula is C28H41NO4. The molecule has 2 rings (SSSR count). The largest absolute Gasteiger partial charge is 0.489 e. The predicted octanol–water partition coefficient (Wildman–Crippen LogP) is 6.97. The highest BCUT2D eigenvalue weighted by Gasteiger charge is 2.19. The number of hydrogen-bond acceptors (Lipinski definition) is 4. The molecule has 0 aliphatic rings. The summed E-state index contributed by atoms with van der Waals surface area (Å²) in [6, 6.07) is 5.80. The van der Waals surface area contributed by atoms with E-state index >= 15 is 0 Å². The van der Waals surface area contributed by atoms with Gasteiger partial charge in [-0.25, -0.2) is 0 Å². The highest BCUT2D eigenvalue weighted by Crippen LogP contribution is 2.34. The van der Waals surface area contributed by atoms with Crippen molar-refractivity contribution in [3.63, 3.8) is 0 Å². The van der Waals surface area contributed by atoms with E-state index in [1.165, 1.54) is 11.1 Å². The molecule has 0 atom stereocenters. The summed E-state index contributed by atoms with van der Waals surface area (Å²) in [6.07, 6.45) is 10.3. The molecule has 0 N–H and O–H groups in total. The first-order chi connectivity index (χ1) is 15.9. The van der Waals surface area contributed by atoms with Gasteiger partial charge in [0.15, 0.2) is 5.75 Å². The number of allylic oxidation sites excluding steroid dienone is 3. The third kappa shape index (κ3) is 7.99. The topological polar surface area (TPSA) is 49.7 Å². The van der Waals surface area contributed by atoms with Gasteiger partial charge in [-0.15, -0.1) is 0 Å². The molecule has 2 aromatic rings. The Kier molecular flexibility index (Phi) is 11.1. The molecule has 1 aromatic heterocycles. The van der Waals surface area contributed by atoms with Crippen LogP contribution in [0.3, 0.4) is 0 Å². The maximum absolute atomic E-state index is 13.1. The second kappa shape index (κ2) is 13.8. The number of nitrogens with zero attached hydrogens (tertiary/aromatic N) is 1. The maximum atomic E-state index is 13.1. The molecule has 1 aromatic carbocycles. The Labute approximate surface area is 199 Å². The number of aryl methyl sites for hydroxylation is 1. The number of rotatable bonds is 14. The molecule has 0 aliphatic heterocycles. The number of fused-ring (bicyclic) bond motifs is 1. The second-order valence-corrected chi connectivity index (χ2v) is 8.79. The average Bonchev–Trinajstić information content (AvgIpc) is 2.78. The van der Waals surface area contributed by atoms with Gasteiger partial charge in [-0.1, -0.05) is 43.9 Å². The molecule has 1 heterocycles. The van der Waals surface area contributed by atoms with Crippen molar-refractivity contribution in [2.45, 2.75) is 73.1 Å². The van der Waals surface area contributed by atoms with Gasteiger partial charge in [-0.2, -0.15) is 0 Å². The van der Waals surface area contributed by atoms with Gasteiger partial charge in [-0.05, 0) is 64.7 Å². The van der Waals surface area contributed by atoms with Crippen LogP contribution in [0.1, 0.15) is 73.1 Å². The molecule has 0 saturated heterocycles. The molecule has 0 aliphatic carbocycles. The summed E-state index contributed by atoms with van der Waals surface area (Å²) in [5.74, 6) is 1.57. The minimum atomic E-state index is -0.183. The molecule has 5 nitrogen and oxygen atoms in total. The lowest BCUT2D eigenvalue weighted by Crippen LogP contribution is -2.21. The summed E-state index contributed by atoms with van der Waals surface area (Å²) in [4.78, 5) is 13.1. The van der Waals surface area contributed by atoms with Gasteiger partial charge in [0.2, 0.25) is 5.75 Å². The van der Waals surface area contributed by atoms with Crippen molar-refractivity contribution in [2.75, 3.05) is 19.8 Å². The van der Waals surface area contributed by atoms with Crippen LogP contribution in [0.2, 0.25) is 0 Å². The zero-order chi connectivity index (χ0) is 24.2. The number of aromatic nitrogens is 1. The van der Waals surface area contributed by atoms with E-state index in [-0.39, 0.29) is 5.56 Å². The van der Waals surface area contributed by atoms with Gasteiger partial charge in [0.25, 0.3) is 5.56 Å². The molecule has 0 bridgehead atoms. The molecule has 0 fully saturated rings. The standard InChI is InChI=1S/C28H41NO4/c1-7-9-17-32-26-24-15-14-23(31-19-16-22(5)13-11-12-21(3)4)20-25(24)29(6)28(30)27(26)33-18-10-8-2/h12,14-16,20H,7-11,13,17-19H2,1-6H3/b22-16+. The fraction of sp³-hybridized carbons (Fsp3) is 0.536. The average molecular weight is 456 g/mol. The van der Waals surface area contributed by atoms with Crippen LogP contribution >= 0.6 is 0 Å². The Balaban J connectivity index is 2.27. The number of benzene rings is 1. The zero-order valence-electron chi connectivity index (χ0n) is 21.3. The van der Waals surface area contributed by atoms with E-state index in [9.17, 15) is 4.79 Å². The van der Waals surface area contributed by atoms with Gasteiger partial charge in [0.05, 0.1) is 18.7 Å². The SMILES string of the molecule is CCCCOc1c(OCCCC)c2ccc(OC/C=C(\C)CCC=C(C)C)cc2n(C)c1=O. The lowest BCUT2D eigenvalue weighted by Gasteiger charge is -2.17. The van der Waals surface area contributed by atoms with Crippen molar-refractivity contribution >= 4 is 10.9 Å². The van der Waals surface area contributed by atoms with E-state index in [1.807, 2.05) is 18.2 Å². The van der Waals surface area contributed by atoms with Crippen LogP contribution in [0.4, 0.5) is 0 Å². The van der Waals surface area contributed by atoms with E-state index in [2.05, 4.69) is 46.8 Å². The summed E-state index contributed by atoms with van der Waals surface area (Å²) in [6.45, 7) is 12.1. The van der Waals surface area contributed by atoms with Gasteiger partial charge >= 0.3 is 0 Å². The first kappa shape index (κ1) is 26.6. The summed E-state index contributed by atoms with van der Waals surface area (Å²) < 4.78 is 19.6. The molecular weight excluding hydrogens is 414 g/mol. The number of hydrogen-bond donors (Lipinski definition) is 0. The van der Waals surface area contributed by atoms with Crippen LogP contribution in [-0.4, -0.2) is 24.4 Å². The van der Waals surface area contributed by atoms with Gasteiger partial charge in [0.1, 0.15) is 12.4 Å². The van der Waals surface area contributed by atoms with Crippen molar-refractivity contribution in [2.24, 2.45) is 7.05 Å². The van der Waals surface area contributed by atoms with Crippen LogP contribution < -0.4 is 19.8 Å². The Morgan fingerprint density at radius 3 is 2.24 bits per heavy atom. The summed E-state index contributed by atoms with van der Waals surface area (Å²) in [5.41, 5.74) is 3.24. The molecule has 5 heteroatoms. The summed E-state index contributed by atoms with van der Waals surface area (Å²) in [7, 11) is 1.77. The fourth-order valence-corrected chi connectivity index (χ4v) is 3.43. The Hall–Kier alpha value is -2.69. The van der Waals surface area contributed by atoms with Crippen molar-refractivity contribution in [1.82, 2.24) is 4.57 Å². The highest BCUT2D eigenvalue weighted by molar-refractivity contribution is 5.89. The fourth-order valence-electron chi connectivity index (χ4n) is 3.43. The molecule has 0 spiro atoms. The summed E-state index contributed by atoms with van der Waals surface area (Å²) >= 11 is 0. The van der Waals surface area contributed by atoms with Gasteiger partial charge < -0.3 is 18.8 Å². The number of pyridine rings is 1. The van der Waals surface area contributed by atoms with Gasteiger partial charge in [0, 0.05) is 18.5 Å². The smallest absolute Gasteiger partial charge is 0.297 e. The Morgan fingerprint density at radius 2 is 1.61 bits per heavy atom. The molecule has 0 saturated carbocycles. The Bertz CT molecular complexity index is 1010. The number of unbranched alkanes of at least 4 members (excludes halogenated alkanes) is 2. The van der Waals surface area contributed by atoms with E-state index < -0.39 is 0 Å². The van der Waals surface area contributed by atoms with Crippen molar-refractivity contribution in [3.05, 3.63) is 51.9 Å². The second-order valence-electron chi connectivity index (χ2n) is 8.79. The normalized spacial score (nSPS) is 11.5. The van der Waals surface area contributed by atoms with E-state index in [1.54, 1.807) is 11.6 Å². The van der Waals surface area contributed by atoms with Crippen LogP contribution in [0.25, 0.3) is 10.9 Å². The van der Waals surface area contributed by atoms with E-state index in [0.717, 1.165) is 55.2 Å². The lowest BCUT2D eigenvalue weighted by atomic mass is 10.1. The number of ether oxygens (including phenoxy) is 3. The van der Waals surface area contributed by atoms with Crippen LogP contribution in [0.15, 0.2) is 46.3 Å². The highest BCUT2D eigenvalue weighted by atomic mass is 16.5. The van der Waals surface area contributed by atoms with E-state index in [0.29, 0.717) is 31.3 Å². The van der Waals surface area contributed by atoms with Crippen LogP contribution in [0.5, 0.6) is 17.2 Å². The zero-order valence-corrected chi connectivity index (χ0v) is 21.3. The van der Waals surface area contributed by atoms with Crippen molar-refractivity contribution < 1.29 is 14.2 Å². The van der Waals surface area contributed by atoms with E-state index in [4.69, 9.17) is 14.2 Å². The molecule has 0 amide bonds. The molecule has 0 unspecified atom stereocenters. The van der Waals surface area contributed by atoms with Crippen LogP contribution in [-0.2, 0) is 7.05 Å². The maximum Gasteiger partial charge on any atom is 0.297 e. The molecule has 33 heavy (non-hydrogen) atoms. The third-order valence-corrected chi connectivity index (χ3v) is 5.54. The monoisotopic (exact) mass is 455 g/mol. The molecule has 0 radical (unpaired) electrons. The Morgan fingerprint density at radius 1 is 0.939 bits per heavy atom. The molecule has 182 valence electrons. The third-order valence-electron chi connectivity index (χ3n) is 5.54. The lowest BCUT2D eigenvalue weighted by molar-refractivity contribution is 0.260.